The van der Waals surface area contributed by atoms with Crippen LogP contribution in [0.15, 0.2) is 72.8 Å². The Bertz CT molecular complexity index is 1590. The minimum absolute atomic E-state index is 0.0198. The van der Waals surface area contributed by atoms with Crippen molar-refractivity contribution in [3.05, 3.63) is 83.9 Å². The molecule has 0 unspecified atom stereocenters. The fourth-order valence-electron chi connectivity index (χ4n) is 4.88. The molecule has 3 heterocycles. The molecule has 1 amide bonds. The Morgan fingerprint density at radius 1 is 0.861 bits per heavy atom. The van der Waals surface area contributed by atoms with Crippen molar-refractivity contribution in [3.8, 4) is 17.1 Å². The van der Waals surface area contributed by atoms with Gasteiger partial charge in [-0.15, -0.1) is 10.2 Å². The maximum Gasteiger partial charge on any atom is 0.257 e. The van der Waals surface area contributed by atoms with Crippen molar-refractivity contribution in [2.45, 2.75) is 6.92 Å². The Kier molecular flexibility index (Phi) is 5.48. The minimum Gasteiger partial charge on any atom is -0.496 e. The van der Waals surface area contributed by atoms with E-state index in [4.69, 9.17) is 9.72 Å². The second-order valence-electron chi connectivity index (χ2n) is 8.91. The molecule has 2 aromatic heterocycles. The fourth-order valence-corrected chi connectivity index (χ4v) is 4.88. The van der Waals surface area contributed by atoms with Gasteiger partial charge < -0.3 is 14.5 Å². The first-order chi connectivity index (χ1) is 17.7. The first kappa shape index (κ1) is 22.0. The van der Waals surface area contributed by atoms with Crippen LogP contribution in [-0.2, 0) is 0 Å². The average molecular weight is 479 g/mol. The Balaban J connectivity index is 1.38. The van der Waals surface area contributed by atoms with Gasteiger partial charge in [0.2, 0.25) is 5.95 Å². The topological polar surface area (TPSA) is 75.9 Å². The van der Waals surface area contributed by atoms with Gasteiger partial charge in [-0.3, -0.25) is 4.79 Å². The number of para-hydroxylation sites is 2. The van der Waals surface area contributed by atoms with Crippen LogP contribution in [0.5, 0.6) is 5.75 Å². The van der Waals surface area contributed by atoms with E-state index in [1.165, 1.54) is 0 Å². The molecular weight excluding hydrogens is 452 g/mol. The summed E-state index contributed by atoms with van der Waals surface area (Å²) in [7, 11) is 1.59. The molecule has 180 valence electrons. The van der Waals surface area contributed by atoms with E-state index in [-0.39, 0.29) is 5.91 Å². The number of fused-ring (bicyclic) bond motifs is 3. The Hall–Kier alpha value is -4.46. The number of hydrogen-bond acceptors (Lipinski definition) is 6. The largest absolute Gasteiger partial charge is 0.496 e. The normalized spacial score (nSPS) is 13.9. The predicted molar refractivity (Wildman–Crippen MR) is 140 cm³/mol. The maximum absolute atomic E-state index is 13.2. The summed E-state index contributed by atoms with van der Waals surface area (Å²) in [5.41, 5.74) is 4.38. The van der Waals surface area contributed by atoms with E-state index >= 15 is 0 Å². The van der Waals surface area contributed by atoms with Crippen molar-refractivity contribution >= 4 is 28.4 Å². The van der Waals surface area contributed by atoms with E-state index in [9.17, 15) is 4.79 Å². The molecule has 1 fully saturated rings. The number of nitrogens with zero attached hydrogens (tertiary/aromatic N) is 6. The molecule has 6 rings (SSSR count). The summed E-state index contributed by atoms with van der Waals surface area (Å²) in [5.74, 6) is 2.13. The van der Waals surface area contributed by atoms with Gasteiger partial charge in [0.05, 0.1) is 18.2 Å². The van der Waals surface area contributed by atoms with E-state index < -0.39 is 0 Å². The lowest BCUT2D eigenvalue weighted by Crippen LogP contribution is -2.49. The van der Waals surface area contributed by atoms with Gasteiger partial charge in [0.25, 0.3) is 5.91 Å². The third-order valence-corrected chi connectivity index (χ3v) is 6.80. The summed E-state index contributed by atoms with van der Waals surface area (Å²) in [6.07, 6.45) is 0. The highest BCUT2D eigenvalue weighted by Gasteiger charge is 2.27. The van der Waals surface area contributed by atoms with Crippen LogP contribution in [0, 0.1) is 6.92 Å². The van der Waals surface area contributed by atoms with Crippen LogP contribution in [0.1, 0.15) is 15.9 Å². The highest BCUT2D eigenvalue weighted by Crippen LogP contribution is 2.30. The number of methoxy groups -OCH3 is 1. The molecule has 0 atom stereocenters. The lowest BCUT2D eigenvalue weighted by Gasteiger charge is -2.35. The Labute approximate surface area is 208 Å². The van der Waals surface area contributed by atoms with Crippen LogP contribution >= 0.6 is 0 Å². The second kappa shape index (κ2) is 8.96. The maximum atomic E-state index is 13.2. The van der Waals surface area contributed by atoms with E-state index in [0.717, 1.165) is 39.4 Å². The number of carbonyl (C=O) groups excluding carboxylic acids is 1. The van der Waals surface area contributed by atoms with Crippen molar-refractivity contribution in [1.82, 2.24) is 24.5 Å². The van der Waals surface area contributed by atoms with Crippen LogP contribution in [0.2, 0.25) is 0 Å². The van der Waals surface area contributed by atoms with E-state index in [2.05, 4.69) is 38.6 Å². The average Bonchev–Trinajstić information content (AvgIpc) is 3.38. The number of carbonyl (C=O) groups is 1. The highest BCUT2D eigenvalue weighted by atomic mass is 16.5. The summed E-state index contributed by atoms with van der Waals surface area (Å²) in [5, 5.41) is 10.1. The number of aryl methyl sites for hydroxylation is 1. The van der Waals surface area contributed by atoms with Crippen LogP contribution in [0.4, 0.5) is 5.95 Å². The molecule has 8 heteroatoms. The number of benzene rings is 3. The highest BCUT2D eigenvalue weighted by molar-refractivity contribution is 5.97. The predicted octanol–water partition coefficient (Wildman–Crippen LogP) is 4.22. The molecule has 0 radical (unpaired) electrons. The molecule has 8 nitrogen and oxygen atoms in total. The quantitative estimate of drug-likeness (QED) is 0.385. The third kappa shape index (κ3) is 3.62. The molecule has 0 spiro atoms. The number of aromatic nitrogens is 4. The molecule has 36 heavy (non-hydrogen) atoms. The summed E-state index contributed by atoms with van der Waals surface area (Å²) in [6, 6.07) is 23.5. The molecular formula is C28H26N6O2. The Morgan fingerprint density at radius 2 is 1.58 bits per heavy atom. The van der Waals surface area contributed by atoms with Gasteiger partial charge in [-0.1, -0.05) is 48.5 Å². The zero-order valence-electron chi connectivity index (χ0n) is 20.3. The summed E-state index contributed by atoms with van der Waals surface area (Å²) in [4.78, 5) is 22.4. The number of hydrogen-bond donors (Lipinski definition) is 0. The molecule has 1 aliphatic rings. The Morgan fingerprint density at radius 3 is 2.39 bits per heavy atom. The minimum atomic E-state index is -0.0198. The van der Waals surface area contributed by atoms with Gasteiger partial charge in [0.1, 0.15) is 5.75 Å². The van der Waals surface area contributed by atoms with Crippen LogP contribution in [0.3, 0.4) is 0 Å². The lowest BCUT2D eigenvalue weighted by molar-refractivity contribution is 0.0743. The number of piperazine rings is 1. The third-order valence-electron chi connectivity index (χ3n) is 6.80. The lowest BCUT2D eigenvalue weighted by atomic mass is 10.1. The summed E-state index contributed by atoms with van der Waals surface area (Å²) >= 11 is 0. The van der Waals surface area contributed by atoms with Gasteiger partial charge in [-0.2, -0.15) is 0 Å². The van der Waals surface area contributed by atoms with Gasteiger partial charge in [-0.05, 0) is 36.8 Å². The molecule has 0 N–H and O–H groups in total. The van der Waals surface area contributed by atoms with E-state index in [1.807, 2.05) is 65.6 Å². The van der Waals surface area contributed by atoms with Crippen LogP contribution in [0.25, 0.3) is 27.9 Å². The van der Waals surface area contributed by atoms with Crippen LogP contribution < -0.4 is 9.64 Å². The van der Waals surface area contributed by atoms with Gasteiger partial charge in [0.15, 0.2) is 11.5 Å². The van der Waals surface area contributed by atoms with Gasteiger partial charge in [0, 0.05) is 37.1 Å². The van der Waals surface area contributed by atoms with Crippen molar-refractivity contribution < 1.29 is 9.53 Å². The van der Waals surface area contributed by atoms with E-state index in [1.54, 1.807) is 7.11 Å². The summed E-state index contributed by atoms with van der Waals surface area (Å²) in [6.45, 7) is 4.52. The molecule has 0 saturated carbocycles. The first-order valence-electron chi connectivity index (χ1n) is 12.0. The fraction of sp³-hybridized carbons (Fsp3) is 0.214. The van der Waals surface area contributed by atoms with E-state index in [0.29, 0.717) is 37.5 Å². The zero-order valence-corrected chi connectivity index (χ0v) is 20.3. The zero-order chi connectivity index (χ0) is 24.6. The molecule has 0 aliphatic carbocycles. The molecule has 1 saturated heterocycles. The number of ether oxygens (including phenoxy) is 1. The van der Waals surface area contributed by atoms with Crippen molar-refractivity contribution in [2.24, 2.45) is 0 Å². The molecule has 0 bridgehead atoms. The SMILES string of the molecule is COc1ccccc1C(=O)N1CCN(c2nc3ccccc3c3nnc(-c4ccccc4C)n23)CC1. The second-order valence-corrected chi connectivity index (χ2v) is 8.91. The molecule has 3 aromatic carbocycles. The van der Waals surface area contributed by atoms with Gasteiger partial charge in [-0.25, -0.2) is 9.38 Å². The number of amides is 1. The monoisotopic (exact) mass is 478 g/mol. The molecule has 5 aromatic rings. The van der Waals surface area contributed by atoms with Crippen LogP contribution in [-0.4, -0.2) is 63.7 Å². The number of rotatable bonds is 4. The van der Waals surface area contributed by atoms with Crippen molar-refractivity contribution in [3.63, 3.8) is 0 Å². The van der Waals surface area contributed by atoms with Crippen molar-refractivity contribution in [1.29, 1.82) is 0 Å². The molecule has 1 aliphatic heterocycles. The van der Waals surface area contributed by atoms with Crippen molar-refractivity contribution in [2.75, 3.05) is 38.2 Å². The number of anilines is 1. The summed E-state index contributed by atoms with van der Waals surface area (Å²) < 4.78 is 7.47. The smallest absolute Gasteiger partial charge is 0.257 e. The standard InChI is InChI=1S/C28H26N6O2/c1-19-9-3-4-10-20(19)25-30-31-26-21-11-5-7-13-23(21)29-28(34(25)26)33-17-15-32(16-18-33)27(35)22-12-6-8-14-24(22)36-2/h3-14H,15-18H2,1-2H3. The first-order valence-corrected chi connectivity index (χ1v) is 12.0. The van der Waals surface area contributed by atoms with Gasteiger partial charge >= 0.3 is 0 Å².